The average Bonchev–Trinajstić information content (AvgIpc) is 2.29. The molecule has 0 saturated heterocycles. The van der Waals surface area contributed by atoms with E-state index < -0.39 is 12.0 Å². The zero-order valence-electron chi connectivity index (χ0n) is 9.32. The highest BCUT2D eigenvalue weighted by Gasteiger charge is 2.34. The summed E-state index contributed by atoms with van der Waals surface area (Å²) in [6.07, 6.45) is 5.03. The molecule has 0 aromatic carbocycles. The molecule has 1 aromatic rings. The second-order valence-electron chi connectivity index (χ2n) is 3.42. The lowest BCUT2D eigenvalue weighted by molar-refractivity contribution is -0.145. The summed E-state index contributed by atoms with van der Waals surface area (Å²) in [6, 6.07) is 0. The first-order valence-electron chi connectivity index (χ1n) is 4.78. The number of halogens is 3. The second-order valence-corrected chi connectivity index (χ2v) is 4.64. The van der Waals surface area contributed by atoms with E-state index in [2.05, 4.69) is 15.9 Å². The van der Waals surface area contributed by atoms with Crippen molar-refractivity contribution in [1.82, 2.24) is 9.97 Å². The molecule has 0 saturated carbocycles. The Morgan fingerprint density at radius 3 is 2.24 bits per heavy atom. The minimum absolute atomic E-state index is 0.0975. The molecule has 0 amide bonds. The Bertz CT molecular complexity index is 408. The molecule has 2 atom stereocenters. The van der Waals surface area contributed by atoms with Gasteiger partial charge in [0.15, 0.2) is 0 Å². The predicted octanol–water partition coefficient (Wildman–Crippen LogP) is 2.96. The predicted molar refractivity (Wildman–Crippen MR) is 61.6 cm³/mol. The molecule has 92 valence electrons. The fraction of sp³-hybridized carbons (Fsp3) is 0.455. The highest BCUT2D eigenvalue weighted by molar-refractivity contribution is 7.99. The van der Waals surface area contributed by atoms with Crippen LogP contribution >= 0.6 is 11.8 Å². The summed E-state index contributed by atoms with van der Waals surface area (Å²) in [5.74, 6) is 1.12. The molecule has 0 N–H and O–H groups in total. The molecule has 0 spiro atoms. The summed E-state index contributed by atoms with van der Waals surface area (Å²) < 4.78 is 36.8. The maximum Gasteiger partial charge on any atom is 0.451 e. The quantitative estimate of drug-likeness (QED) is 0.781. The van der Waals surface area contributed by atoms with Crippen molar-refractivity contribution >= 4 is 11.8 Å². The smallest absolute Gasteiger partial charge is 0.233 e. The molecule has 1 heterocycles. The third-order valence-electron chi connectivity index (χ3n) is 2.31. The molecule has 6 heteroatoms. The molecular formula is C11H11F3N2S. The van der Waals surface area contributed by atoms with Gasteiger partial charge in [0, 0.05) is 23.2 Å². The monoisotopic (exact) mass is 260 g/mol. The topological polar surface area (TPSA) is 25.8 Å². The lowest BCUT2D eigenvalue weighted by Gasteiger charge is -2.16. The van der Waals surface area contributed by atoms with Gasteiger partial charge in [0.05, 0.1) is 5.92 Å². The fourth-order valence-corrected chi connectivity index (χ4v) is 1.79. The normalized spacial score (nSPS) is 15.1. The zero-order chi connectivity index (χ0) is 13.1. The molecule has 0 fully saturated rings. The van der Waals surface area contributed by atoms with Crippen molar-refractivity contribution in [1.29, 1.82) is 0 Å². The van der Waals surface area contributed by atoms with E-state index in [1.807, 2.05) is 13.2 Å². The van der Waals surface area contributed by atoms with Gasteiger partial charge in [0.25, 0.3) is 0 Å². The molecule has 2 nitrogen and oxygen atoms in total. The van der Waals surface area contributed by atoms with Crippen LogP contribution in [0.4, 0.5) is 13.2 Å². The van der Waals surface area contributed by atoms with Crippen LogP contribution in [0.5, 0.6) is 0 Å². The summed E-state index contributed by atoms with van der Waals surface area (Å²) in [6.45, 7) is 1.91. The lowest BCUT2D eigenvalue weighted by atomic mass is 10.0. The Kier molecular flexibility index (Phi) is 4.40. The van der Waals surface area contributed by atoms with Crippen LogP contribution in [0, 0.1) is 12.3 Å². The first kappa shape index (κ1) is 13.8. The average molecular weight is 260 g/mol. The Morgan fingerprint density at radius 1 is 1.35 bits per heavy atom. The van der Waals surface area contributed by atoms with E-state index in [0.29, 0.717) is 5.56 Å². The summed E-state index contributed by atoms with van der Waals surface area (Å²) in [5.41, 5.74) is 0.530. The van der Waals surface area contributed by atoms with E-state index in [1.54, 1.807) is 11.8 Å². The van der Waals surface area contributed by atoms with Crippen LogP contribution in [-0.4, -0.2) is 21.5 Å². The van der Waals surface area contributed by atoms with Crippen LogP contribution in [0.3, 0.4) is 0 Å². The number of terminal acetylenes is 1. The highest BCUT2D eigenvalue weighted by Crippen LogP contribution is 2.28. The molecule has 1 rings (SSSR count). The molecule has 0 aliphatic heterocycles. The number of hydrogen-bond donors (Lipinski definition) is 0. The van der Waals surface area contributed by atoms with E-state index >= 15 is 0 Å². The molecule has 1 aromatic heterocycles. The van der Waals surface area contributed by atoms with E-state index in [0.717, 1.165) is 12.4 Å². The van der Waals surface area contributed by atoms with Crippen molar-refractivity contribution in [3.63, 3.8) is 0 Å². The van der Waals surface area contributed by atoms with Gasteiger partial charge in [-0.3, -0.25) is 0 Å². The van der Waals surface area contributed by atoms with Gasteiger partial charge in [0.1, 0.15) is 0 Å². The Hall–Kier alpha value is -1.22. The van der Waals surface area contributed by atoms with Gasteiger partial charge >= 0.3 is 6.18 Å². The van der Waals surface area contributed by atoms with Gasteiger partial charge in [-0.05, 0) is 6.26 Å². The first-order chi connectivity index (χ1) is 7.90. The van der Waals surface area contributed by atoms with Crippen molar-refractivity contribution in [2.24, 2.45) is 0 Å². The summed E-state index contributed by atoms with van der Waals surface area (Å²) >= 11 is 1.54. The summed E-state index contributed by atoms with van der Waals surface area (Å²) in [4.78, 5) is 6.59. The summed E-state index contributed by atoms with van der Waals surface area (Å²) in [7, 11) is 0. The minimum Gasteiger partial charge on any atom is -0.233 e. The molecular weight excluding hydrogens is 249 g/mol. The van der Waals surface area contributed by atoms with Crippen molar-refractivity contribution < 1.29 is 13.2 Å². The minimum atomic E-state index is -4.52. The largest absolute Gasteiger partial charge is 0.451 e. The standard InChI is InChI=1S/C11H11F3N2S/c1-4-9(7(2)17-3)8-5-15-10(16-6-8)11(12,13)14/h1,5-7,9H,2-3H3/t7?,9-/m0/s1. The Morgan fingerprint density at radius 2 is 1.88 bits per heavy atom. The zero-order valence-corrected chi connectivity index (χ0v) is 10.1. The second kappa shape index (κ2) is 5.41. The first-order valence-corrected chi connectivity index (χ1v) is 6.07. The lowest BCUT2D eigenvalue weighted by Crippen LogP contribution is -2.14. The van der Waals surface area contributed by atoms with Gasteiger partial charge in [-0.2, -0.15) is 24.9 Å². The Labute approximate surface area is 102 Å². The molecule has 0 bridgehead atoms. The van der Waals surface area contributed by atoms with Crippen molar-refractivity contribution in [2.45, 2.75) is 24.3 Å². The molecule has 17 heavy (non-hydrogen) atoms. The van der Waals surface area contributed by atoms with Gasteiger partial charge < -0.3 is 0 Å². The number of aromatic nitrogens is 2. The van der Waals surface area contributed by atoms with Crippen molar-refractivity contribution in [3.05, 3.63) is 23.8 Å². The number of thioether (sulfide) groups is 1. The van der Waals surface area contributed by atoms with Gasteiger partial charge in [-0.1, -0.05) is 12.8 Å². The molecule has 0 radical (unpaired) electrons. The van der Waals surface area contributed by atoms with Crippen LogP contribution in [0.1, 0.15) is 24.2 Å². The molecule has 1 unspecified atom stereocenters. The maximum atomic E-state index is 12.3. The van der Waals surface area contributed by atoms with Crippen LogP contribution in [0.15, 0.2) is 12.4 Å². The maximum absolute atomic E-state index is 12.3. The number of nitrogens with zero attached hydrogens (tertiary/aromatic N) is 2. The van der Waals surface area contributed by atoms with E-state index in [1.165, 1.54) is 0 Å². The third kappa shape index (κ3) is 3.37. The number of hydrogen-bond acceptors (Lipinski definition) is 3. The van der Waals surface area contributed by atoms with E-state index in [9.17, 15) is 13.2 Å². The SMILES string of the molecule is C#C[C@H](c1cnc(C(F)(F)F)nc1)C(C)SC. The molecule has 0 aliphatic rings. The Balaban J connectivity index is 2.98. The molecule has 0 aliphatic carbocycles. The van der Waals surface area contributed by atoms with E-state index in [4.69, 9.17) is 6.42 Å². The van der Waals surface area contributed by atoms with Gasteiger partial charge in [-0.25, -0.2) is 9.97 Å². The van der Waals surface area contributed by atoms with Crippen LogP contribution in [0.2, 0.25) is 0 Å². The number of rotatable bonds is 3. The van der Waals surface area contributed by atoms with Gasteiger partial charge in [0.2, 0.25) is 5.82 Å². The van der Waals surface area contributed by atoms with E-state index in [-0.39, 0.29) is 11.2 Å². The van der Waals surface area contributed by atoms with Crippen molar-refractivity contribution in [3.8, 4) is 12.3 Å². The fourth-order valence-electron chi connectivity index (χ4n) is 1.28. The van der Waals surface area contributed by atoms with Crippen LogP contribution in [0.25, 0.3) is 0 Å². The third-order valence-corrected chi connectivity index (χ3v) is 3.32. The number of alkyl halides is 3. The highest BCUT2D eigenvalue weighted by atomic mass is 32.2. The van der Waals surface area contributed by atoms with Crippen LogP contribution in [-0.2, 0) is 6.18 Å². The van der Waals surface area contributed by atoms with Gasteiger partial charge in [-0.15, -0.1) is 6.42 Å². The van der Waals surface area contributed by atoms with Crippen LogP contribution < -0.4 is 0 Å². The van der Waals surface area contributed by atoms with Crippen molar-refractivity contribution in [2.75, 3.05) is 6.26 Å². The summed E-state index contributed by atoms with van der Waals surface area (Å²) in [5, 5.41) is 0.0975.